The van der Waals surface area contributed by atoms with Crippen LogP contribution in [-0.2, 0) is 13.5 Å². The molecule has 20 heavy (non-hydrogen) atoms. The van der Waals surface area contributed by atoms with Crippen LogP contribution in [-0.4, -0.2) is 20.8 Å². The minimum absolute atomic E-state index is 0.324. The topological polar surface area (TPSA) is 68.8 Å². The number of aromatic nitrogens is 3. The van der Waals surface area contributed by atoms with E-state index in [9.17, 15) is 0 Å². The molecule has 1 unspecified atom stereocenters. The maximum absolute atomic E-state index is 5.78. The van der Waals surface area contributed by atoms with E-state index in [2.05, 4.69) is 22.4 Å². The zero-order valence-electron chi connectivity index (χ0n) is 12.9. The average molecular weight is 279 g/mol. The van der Waals surface area contributed by atoms with Gasteiger partial charge in [-0.3, -0.25) is 16.0 Å². The number of nitrogens with zero attached hydrogens (tertiary/aromatic N) is 3. The number of hydrogen-bond acceptors (Lipinski definition) is 4. The lowest BCUT2D eigenvalue weighted by Gasteiger charge is -2.33. The zero-order chi connectivity index (χ0) is 14.4. The van der Waals surface area contributed by atoms with Crippen LogP contribution in [0.15, 0.2) is 6.33 Å². The highest BCUT2D eigenvalue weighted by Crippen LogP contribution is 2.34. The summed E-state index contributed by atoms with van der Waals surface area (Å²) in [6.07, 6.45) is 11.9. The highest BCUT2D eigenvalue weighted by Gasteiger charge is 2.27. The summed E-state index contributed by atoms with van der Waals surface area (Å²) in [5, 5.41) is 4.13. The lowest BCUT2D eigenvalue weighted by Crippen LogP contribution is -2.44. The van der Waals surface area contributed by atoms with E-state index in [1.807, 2.05) is 11.7 Å². The predicted octanol–water partition coefficient (Wildman–Crippen LogP) is 2.19. The number of hydrazine groups is 1. The quantitative estimate of drug-likeness (QED) is 0.593. The first-order valence-electron chi connectivity index (χ1n) is 8.03. The molecule has 0 aromatic carbocycles. The fourth-order valence-electron chi connectivity index (χ4n) is 3.44. The highest BCUT2D eigenvalue weighted by molar-refractivity contribution is 4.92. The van der Waals surface area contributed by atoms with Crippen LogP contribution in [0.1, 0.15) is 57.7 Å². The largest absolute Gasteiger partial charge is 0.271 e. The molecule has 0 spiro atoms. The van der Waals surface area contributed by atoms with E-state index in [1.54, 1.807) is 6.33 Å². The van der Waals surface area contributed by atoms with E-state index in [-0.39, 0.29) is 0 Å². The molecule has 1 atom stereocenters. The smallest absolute Gasteiger partial charge is 0.138 e. The second kappa shape index (κ2) is 7.74. The second-order valence-corrected chi connectivity index (χ2v) is 6.20. The Bertz CT molecular complexity index is 381. The van der Waals surface area contributed by atoms with Gasteiger partial charge in [0.2, 0.25) is 0 Å². The van der Waals surface area contributed by atoms with Gasteiger partial charge in [-0.05, 0) is 24.7 Å². The van der Waals surface area contributed by atoms with Gasteiger partial charge >= 0.3 is 0 Å². The molecule has 1 saturated carbocycles. The normalized spacial score (nSPS) is 24.8. The summed E-state index contributed by atoms with van der Waals surface area (Å²) < 4.78 is 1.84. The molecule has 0 saturated heterocycles. The summed E-state index contributed by atoms with van der Waals surface area (Å²) in [6.45, 7) is 2.28. The zero-order valence-corrected chi connectivity index (χ0v) is 12.9. The molecule has 1 aliphatic rings. The van der Waals surface area contributed by atoms with Crippen molar-refractivity contribution >= 4 is 0 Å². The van der Waals surface area contributed by atoms with Crippen LogP contribution >= 0.6 is 0 Å². The molecule has 1 aromatic rings. The molecule has 2 rings (SSSR count). The Labute approximate surface area is 122 Å². The fraction of sp³-hybridized carbons (Fsp3) is 0.867. The van der Waals surface area contributed by atoms with Crippen molar-refractivity contribution in [3.05, 3.63) is 12.2 Å². The van der Waals surface area contributed by atoms with E-state index in [1.165, 1.54) is 44.9 Å². The van der Waals surface area contributed by atoms with Crippen molar-refractivity contribution in [2.45, 2.75) is 64.3 Å². The molecule has 114 valence electrons. The molecule has 1 fully saturated rings. The lowest BCUT2D eigenvalue weighted by molar-refractivity contribution is 0.209. The molecule has 1 heterocycles. The Balaban J connectivity index is 1.82. The molecule has 1 aromatic heterocycles. The van der Waals surface area contributed by atoms with Gasteiger partial charge in [0, 0.05) is 19.5 Å². The third-order valence-electron chi connectivity index (χ3n) is 4.85. The minimum Gasteiger partial charge on any atom is -0.271 e. The molecule has 0 radical (unpaired) electrons. The van der Waals surface area contributed by atoms with Crippen LogP contribution in [0.2, 0.25) is 0 Å². The van der Waals surface area contributed by atoms with Crippen LogP contribution in [0, 0.1) is 11.8 Å². The highest BCUT2D eigenvalue weighted by atomic mass is 15.3. The predicted molar refractivity (Wildman–Crippen MR) is 80.8 cm³/mol. The minimum atomic E-state index is 0.324. The molecular weight excluding hydrogens is 250 g/mol. The average Bonchev–Trinajstić information content (AvgIpc) is 2.88. The third-order valence-corrected chi connectivity index (χ3v) is 4.85. The molecule has 3 N–H and O–H groups in total. The number of rotatable bonds is 7. The summed E-state index contributed by atoms with van der Waals surface area (Å²) in [7, 11) is 1.94. The van der Waals surface area contributed by atoms with Crippen LogP contribution in [0.4, 0.5) is 0 Å². The molecule has 5 nitrogen and oxygen atoms in total. The maximum atomic E-state index is 5.78. The van der Waals surface area contributed by atoms with Crippen LogP contribution in [0.3, 0.4) is 0 Å². The monoisotopic (exact) mass is 279 g/mol. The number of hydrogen-bond donors (Lipinski definition) is 2. The summed E-state index contributed by atoms with van der Waals surface area (Å²) in [4.78, 5) is 4.31. The van der Waals surface area contributed by atoms with Gasteiger partial charge < -0.3 is 0 Å². The molecular formula is C15H29N5. The fourth-order valence-corrected chi connectivity index (χ4v) is 3.44. The molecule has 5 heteroatoms. The van der Waals surface area contributed by atoms with Crippen molar-refractivity contribution in [3.8, 4) is 0 Å². The van der Waals surface area contributed by atoms with Gasteiger partial charge in [0.1, 0.15) is 12.2 Å². The number of unbranched alkanes of at least 4 members (excludes halogenated alkanes) is 1. The molecule has 1 aliphatic carbocycles. The Kier molecular flexibility index (Phi) is 5.98. The van der Waals surface area contributed by atoms with Gasteiger partial charge in [0.15, 0.2) is 0 Å². The maximum Gasteiger partial charge on any atom is 0.138 e. The Morgan fingerprint density at radius 3 is 2.70 bits per heavy atom. The van der Waals surface area contributed by atoms with Gasteiger partial charge in [-0.2, -0.15) is 5.10 Å². The van der Waals surface area contributed by atoms with Gasteiger partial charge in [-0.25, -0.2) is 4.98 Å². The SMILES string of the molecule is CCCCC1CCC(C(Cc2ncnn2C)NN)CC1. The number of nitrogens with two attached hydrogens (primary N) is 1. The molecule has 0 bridgehead atoms. The van der Waals surface area contributed by atoms with Crippen LogP contribution < -0.4 is 11.3 Å². The van der Waals surface area contributed by atoms with Crippen molar-refractivity contribution in [3.63, 3.8) is 0 Å². The summed E-state index contributed by atoms with van der Waals surface area (Å²) in [6, 6.07) is 0.324. The summed E-state index contributed by atoms with van der Waals surface area (Å²) >= 11 is 0. The van der Waals surface area contributed by atoms with Gasteiger partial charge in [-0.1, -0.05) is 39.0 Å². The van der Waals surface area contributed by atoms with Gasteiger partial charge in [0.25, 0.3) is 0 Å². The van der Waals surface area contributed by atoms with Gasteiger partial charge in [0.05, 0.1) is 0 Å². The molecule has 0 aliphatic heterocycles. The standard InChI is InChI=1S/C15H29N5/c1-3-4-5-12-6-8-13(9-7-12)14(19-16)10-15-17-11-18-20(15)2/h11-14,19H,3-10,16H2,1-2H3. The summed E-state index contributed by atoms with van der Waals surface area (Å²) in [5.41, 5.74) is 3.01. The Morgan fingerprint density at radius 2 is 2.15 bits per heavy atom. The van der Waals surface area contributed by atoms with Crippen molar-refractivity contribution in [2.24, 2.45) is 24.7 Å². The first-order chi connectivity index (χ1) is 9.74. The lowest BCUT2D eigenvalue weighted by atomic mass is 9.76. The molecule has 0 amide bonds. The van der Waals surface area contributed by atoms with Gasteiger partial charge in [-0.15, -0.1) is 0 Å². The van der Waals surface area contributed by atoms with Crippen molar-refractivity contribution < 1.29 is 0 Å². The third kappa shape index (κ3) is 4.03. The van der Waals surface area contributed by atoms with E-state index in [4.69, 9.17) is 5.84 Å². The first kappa shape index (κ1) is 15.4. The van der Waals surface area contributed by atoms with E-state index < -0.39 is 0 Å². The van der Waals surface area contributed by atoms with Crippen molar-refractivity contribution in [1.82, 2.24) is 20.2 Å². The van der Waals surface area contributed by atoms with Crippen LogP contribution in [0.25, 0.3) is 0 Å². The Morgan fingerprint density at radius 1 is 1.40 bits per heavy atom. The van der Waals surface area contributed by atoms with Crippen LogP contribution in [0.5, 0.6) is 0 Å². The first-order valence-corrected chi connectivity index (χ1v) is 8.03. The van der Waals surface area contributed by atoms with Crippen molar-refractivity contribution in [1.29, 1.82) is 0 Å². The van der Waals surface area contributed by atoms with Crippen molar-refractivity contribution in [2.75, 3.05) is 0 Å². The Hall–Kier alpha value is -0.940. The summed E-state index contributed by atoms with van der Waals surface area (Å²) in [5.74, 6) is 8.41. The van der Waals surface area contributed by atoms with E-state index in [0.717, 1.165) is 18.2 Å². The van der Waals surface area contributed by atoms with E-state index in [0.29, 0.717) is 12.0 Å². The second-order valence-electron chi connectivity index (χ2n) is 6.20. The number of aryl methyl sites for hydroxylation is 1. The number of nitrogens with one attached hydrogen (secondary N) is 1. The van der Waals surface area contributed by atoms with E-state index >= 15 is 0 Å².